The standard InChI is InChI=1S/C9H17NO3.C2H6/c1-2-13-8-3-5-10(6-4-8)7-9(11)12;1-2/h8H,2-7H2,1H3,(H,11,12);1-2H3. The van der Waals surface area contributed by atoms with E-state index in [1.807, 2.05) is 25.7 Å². The number of hydrogen-bond donors (Lipinski definition) is 1. The number of piperidine rings is 1. The van der Waals surface area contributed by atoms with Crippen LogP contribution in [0.2, 0.25) is 0 Å². The van der Waals surface area contributed by atoms with Gasteiger partial charge in [-0.25, -0.2) is 0 Å². The average molecular weight is 217 g/mol. The second-order valence-electron chi connectivity index (χ2n) is 3.32. The van der Waals surface area contributed by atoms with Crippen molar-refractivity contribution in [1.29, 1.82) is 0 Å². The lowest BCUT2D eigenvalue weighted by Crippen LogP contribution is -2.39. The van der Waals surface area contributed by atoms with Gasteiger partial charge in [-0.05, 0) is 19.8 Å². The lowest BCUT2D eigenvalue weighted by atomic mass is 10.1. The summed E-state index contributed by atoms with van der Waals surface area (Å²) >= 11 is 0. The monoisotopic (exact) mass is 217 g/mol. The van der Waals surface area contributed by atoms with E-state index in [2.05, 4.69) is 0 Å². The molecule has 1 heterocycles. The second kappa shape index (κ2) is 8.68. The SMILES string of the molecule is CC.CCOC1CCN(CC(=O)O)CC1. The van der Waals surface area contributed by atoms with Gasteiger partial charge in [0.1, 0.15) is 0 Å². The van der Waals surface area contributed by atoms with Crippen LogP contribution in [0.3, 0.4) is 0 Å². The summed E-state index contributed by atoms with van der Waals surface area (Å²) in [5.41, 5.74) is 0. The number of ether oxygens (including phenoxy) is 1. The highest BCUT2D eigenvalue weighted by Gasteiger charge is 2.20. The van der Waals surface area contributed by atoms with E-state index in [0.717, 1.165) is 32.5 Å². The number of carboxylic acid groups (broad SMARTS) is 1. The van der Waals surface area contributed by atoms with Crippen LogP contribution in [0.5, 0.6) is 0 Å². The highest BCUT2D eigenvalue weighted by molar-refractivity contribution is 5.69. The molecule has 1 aliphatic rings. The van der Waals surface area contributed by atoms with E-state index in [-0.39, 0.29) is 6.54 Å². The third kappa shape index (κ3) is 6.47. The zero-order valence-corrected chi connectivity index (χ0v) is 10.0. The molecule has 4 heteroatoms. The van der Waals surface area contributed by atoms with Crippen LogP contribution in [-0.4, -0.2) is 48.3 Å². The van der Waals surface area contributed by atoms with E-state index in [1.54, 1.807) is 0 Å². The van der Waals surface area contributed by atoms with Crippen molar-refractivity contribution in [2.75, 3.05) is 26.2 Å². The second-order valence-corrected chi connectivity index (χ2v) is 3.32. The number of carbonyl (C=O) groups is 1. The van der Waals surface area contributed by atoms with Crippen molar-refractivity contribution in [3.8, 4) is 0 Å². The molecule has 15 heavy (non-hydrogen) atoms. The molecule has 0 aromatic rings. The van der Waals surface area contributed by atoms with Crippen LogP contribution in [0.15, 0.2) is 0 Å². The molecule has 0 unspecified atom stereocenters. The summed E-state index contributed by atoms with van der Waals surface area (Å²) in [6.45, 7) is 8.60. The predicted molar refractivity (Wildman–Crippen MR) is 60.1 cm³/mol. The fraction of sp³-hybridized carbons (Fsp3) is 0.909. The molecule has 0 aliphatic carbocycles. The molecule has 1 N–H and O–H groups in total. The molecule has 0 saturated carbocycles. The molecule has 0 bridgehead atoms. The Kier molecular flexibility index (Phi) is 8.33. The van der Waals surface area contributed by atoms with Crippen molar-refractivity contribution < 1.29 is 14.6 Å². The van der Waals surface area contributed by atoms with Crippen LogP contribution in [0.4, 0.5) is 0 Å². The molecule has 4 nitrogen and oxygen atoms in total. The van der Waals surface area contributed by atoms with Crippen molar-refractivity contribution in [2.45, 2.75) is 39.7 Å². The van der Waals surface area contributed by atoms with Crippen LogP contribution in [0, 0.1) is 0 Å². The molecular formula is C11H23NO3. The molecule has 1 fully saturated rings. The topological polar surface area (TPSA) is 49.8 Å². The van der Waals surface area contributed by atoms with E-state index in [1.165, 1.54) is 0 Å². The smallest absolute Gasteiger partial charge is 0.317 e. The normalized spacial score (nSPS) is 18.1. The Hall–Kier alpha value is -0.610. The summed E-state index contributed by atoms with van der Waals surface area (Å²) in [4.78, 5) is 12.4. The van der Waals surface area contributed by atoms with E-state index < -0.39 is 5.97 Å². The highest BCUT2D eigenvalue weighted by Crippen LogP contribution is 2.12. The van der Waals surface area contributed by atoms with Gasteiger partial charge in [0.15, 0.2) is 0 Å². The first kappa shape index (κ1) is 14.4. The lowest BCUT2D eigenvalue weighted by molar-refractivity contribution is -0.139. The van der Waals surface area contributed by atoms with Gasteiger partial charge >= 0.3 is 5.97 Å². The quantitative estimate of drug-likeness (QED) is 0.777. The highest BCUT2D eigenvalue weighted by atomic mass is 16.5. The molecule has 0 spiro atoms. The Labute approximate surface area is 92.2 Å². The fourth-order valence-electron chi connectivity index (χ4n) is 1.66. The Balaban J connectivity index is 0.000000921. The number of rotatable bonds is 4. The third-order valence-corrected chi connectivity index (χ3v) is 2.30. The first-order chi connectivity index (χ1) is 7.22. The van der Waals surface area contributed by atoms with Crippen molar-refractivity contribution >= 4 is 5.97 Å². The van der Waals surface area contributed by atoms with Gasteiger partial charge in [0, 0.05) is 19.7 Å². The van der Waals surface area contributed by atoms with Crippen molar-refractivity contribution in [1.82, 2.24) is 4.90 Å². The van der Waals surface area contributed by atoms with Gasteiger partial charge in [-0.3, -0.25) is 9.69 Å². The first-order valence-electron chi connectivity index (χ1n) is 5.78. The van der Waals surface area contributed by atoms with Crippen LogP contribution in [-0.2, 0) is 9.53 Å². The summed E-state index contributed by atoms with van der Waals surface area (Å²) in [6.07, 6.45) is 2.26. The summed E-state index contributed by atoms with van der Waals surface area (Å²) in [5, 5.41) is 8.56. The summed E-state index contributed by atoms with van der Waals surface area (Å²) in [7, 11) is 0. The average Bonchev–Trinajstić information content (AvgIpc) is 2.24. The number of likely N-dealkylation sites (tertiary alicyclic amines) is 1. The summed E-state index contributed by atoms with van der Waals surface area (Å²) < 4.78 is 5.46. The molecule has 0 amide bonds. The van der Waals surface area contributed by atoms with E-state index >= 15 is 0 Å². The van der Waals surface area contributed by atoms with Gasteiger partial charge in [-0.2, -0.15) is 0 Å². The number of aliphatic carboxylic acids is 1. The Morgan fingerprint density at radius 1 is 1.40 bits per heavy atom. The maximum atomic E-state index is 10.4. The van der Waals surface area contributed by atoms with Gasteiger partial charge in [-0.1, -0.05) is 13.8 Å². The minimum absolute atomic E-state index is 0.166. The van der Waals surface area contributed by atoms with Crippen LogP contribution >= 0.6 is 0 Å². The zero-order valence-electron chi connectivity index (χ0n) is 10.0. The first-order valence-corrected chi connectivity index (χ1v) is 5.78. The maximum Gasteiger partial charge on any atom is 0.317 e. The van der Waals surface area contributed by atoms with E-state index in [0.29, 0.717) is 6.10 Å². The molecule has 0 aromatic carbocycles. The molecule has 0 radical (unpaired) electrons. The minimum atomic E-state index is -0.741. The predicted octanol–water partition coefficient (Wildman–Crippen LogP) is 1.60. The molecule has 1 aliphatic heterocycles. The third-order valence-electron chi connectivity index (χ3n) is 2.30. The van der Waals surface area contributed by atoms with E-state index in [4.69, 9.17) is 9.84 Å². The van der Waals surface area contributed by atoms with Crippen molar-refractivity contribution in [3.05, 3.63) is 0 Å². The Bertz CT molecular complexity index is 165. The molecule has 1 saturated heterocycles. The fourth-order valence-corrected chi connectivity index (χ4v) is 1.66. The molecule has 0 atom stereocenters. The van der Waals surface area contributed by atoms with Gasteiger partial charge < -0.3 is 9.84 Å². The number of hydrogen-bond acceptors (Lipinski definition) is 3. The molecular weight excluding hydrogens is 194 g/mol. The Morgan fingerprint density at radius 3 is 2.33 bits per heavy atom. The number of nitrogens with zero attached hydrogens (tertiary/aromatic N) is 1. The van der Waals surface area contributed by atoms with E-state index in [9.17, 15) is 4.79 Å². The van der Waals surface area contributed by atoms with Crippen LogP contribution in [0.25, 0.3) is 0 Å². The molecule has 0 aromatic heterocycles. The molecule has 1 rings (SSSR count). The zero-order chi connectivity index (χ0) is 11.7. The lowest BCUT2D eigenvalue weighted by Gasteiger charge is -2.30. The van der Waals surface area contributed by atoms with Crippen LogP contribution < -0.4 is 0 Å². The minimum Gasteiger partial charge on any atom is -0.480 e. The summed E-state index contributed by atoms with van der Waals surface area (Å²) in [5.74, 6) is -0.741. The van der Waals surface area contributed by atoms with Crippen molar-refractivity contribution in [2.24, 2.45) is 0 Å². The Morgan fingerprint density at radius 2 is 1.93 bits per heavy atom. The van der Waals surface area contributed by atoms with Gasteiger partial charge in [0.25, 0.3) is 0 Å². The maximum absolute atomic E-state index is 10.4. The van der Waals surface area contributed by atoms with Gasteiger partial charge in [-0.15, -0.1) is 0 Å². The van der Waals surface area contributed by atoms with Gasteiger partial charge in [0.2, 0.25) is 0 Å². The summed E-state index contributed by atoms with van der Waals surface area (Å²) in [6, 6.07) is 0. The number of carboxylic acids is 1. The van der Waals surface area contributed by atoms with Gasteiger partial charge in [0.05, 0.1) is 12.6 Å². The molecule has 90 valence electrons. The largest absolute Gasteiger partial charge is 0.480 e. The van der Waals surface area contributed by atoms with Crippen LogP contribution in [0.1, 0.15) is 33.6 Å². The van der Waals surface area contributed by atoms with Crippen molar-refractivity contribution in [3.63, 3.8) is 0 Å².